The molecule has 1 aromatic carbocycles. The van der Waals surface area contributed by atoms with Crippen LogP contribution in [-0.2, 0) is 4.74 Å². The first-order chi connectivity index (χ1) is 11.2. The minimum absolute atomic E-state index is 0.0803. The molecule has 0 atom stereocenters. The van der Waals surface area contributed by atoms with E-state index in [9.17, 15) is 9.59 Å². The topological polar surface area (TPSA) is 61.9 Å². The number of piperazine rings is 1. The molecule has 2 rings (SSSR count). The number of hydrogen-bond acceptors (Lipinski definition) is 4. The highest BCUT2D eigenvalue weighted by molar-refractivity contribution is 5.96. The molecule has 0 aliphatic carbocycles. The van der Waals surface area contributed by atoms with Crippen molar-refractivity contribution in [1.29, 1.82) is 0 Å². The molecule has 1 aromatic rings. The number of nitrogens with zero attached hydrogens (tertiary/aromatic N) is 2. The second-order valence-electron chi connectivity index (χ2n) is 5.19. The van der Waals surface area contributed by atoms with Gasteiger partial charge in [0.05, 0.1) is 17.9 Å². The van der Waals surface area contributed by atoms with Crippen LogP contribution in [0.2, 0.25) is 0 Å². The first-order valence-corrected chi connectivity index (χ1v) is 7.82. The number of urea groups is 1. The van der Waals surface area contributed by atoms with Gasteiger partial charge in [-0.25, -0.2) is 9.59 Å². The minimum atomic E-state index is -0.311. The van der Waals surface area contributed by atoms with Gasteiger partial charge in [-0.05, 0) is 19.1 Å². The van der Waals surface area contributed by atoms with Crippen LogP contribution in [0, 0.1) is 0 Å². The molecular weight excluding hydrogens is 294 g/mol. The predicted molar refractivity (Wildman–Crippen MR) is 89.8 cm³/mol. The number of carbonyl (C=O) groups is 2. The Balaban J connectivity index is 2.01. The van der Waals surface area contributed by atoms with Crippen molar-refractivity contribution in [3.05, 3.63) is 42.5 Å². The summed E-state index contributed by atoms with van der Waals surface area (Å²) in [5.74, 6) is -0.311. The van der Waals surface area contributed by atoms with Crippen LogP contribution in [0.3, 0.4) is 0 Å². The van der Waals surface area contributed by atoms with Crippen LogP contribution in [0.15, 0.2) is 36.9 Å². The SMILES string of the molecule is C=CCNC(=O)N1CCN(c2ccccc2C(=O)OCC)CC1. The molecule has 0 bridgehead atoms. The molecule has 6 nitrogen and oxygen atoms in total. The number of para-hydroxylation sites is 1. The highest BCUT2D eigenvalue weighted by atomic mass is 16.5. The van der Waals surface area contributed by atoms with Gasteiger partial charge in [-0.3, -0.25) is 0 Å². The Labute approximate surface area is 136 Å². The molecule has 23 heavy (non-hydrogen) atoms. The maximum Gasteiger partial charge on any atom is 0.340 e. The van der Waals surface area contributed by atoms with E-state index in [2.05, 4.69) is 16.8 Å². The lowest BCUT2D eigenvalue weighted by molar-refractivity contribution is 0.0527. The monoisotopic (exact) mass is 317 g/mol. The van der Waals surface area contributed by atoms with E-state index in [0.717, 1.165) is 5.69 Å². The standard InChI is InChI=1S/C17H23N3O3/c1-3-9-18-17(22)20-12-10-19(11-13-20)15-8-6-5-7-14(15)16(21)23-4-2/h3,5-8H,1,4,9-13H2,2H3,(H,18,22). The molecule has 0 spiro atoms. The van der Waals surface area contributed by atoms with E-state index in [4.69, 9.17) is 4.74 Å². The summed E-state index contributed by atoms with van der Waals surface area (Å²) in [4.78, 5) is 27.9. The molecule has 1 aliphatic heterocycles. The largest absolute Gasteiger partial charge is 0.462 e. The van der Waals surface area contributed by atoms with Gasteiger partial charge >= 0.3 is 12.0 Å². The van der Waals surface area contributed by atoms with E-state index in [1.54, 1.807) is 24.0 Å². The average Bonchev–Trinajstić information content (AvgIpc) is 2.60. The predicted octanol–water partition coefficient (Wildman–Crippen LogP) is 1.88. The van der Waals surface area contributed by atoms with Gasteiger partial charge in [0.1, 0.15) is 0 Å². The van der Waals surface area contributed by atoms with Crippen LogP contribution in [0.4, 0.5) is 10.5 Å². The van der Waals surface area contributed by atoms with Gasteiger partial charge in [0, 0.05) is 32.7 Å². The molecule has 1 aliphatic rings. The molecule has 0 unspecified atom stereocenters. The third kappa shape index (κ3) is 4.25. The summed E-state index contributed by atoms with van der Waals surface area (Å²) >= 11 is 0. The molecule has 1 heterocycles. The fourth-order valence-electron chi connectivity index (χ4n) is 2.55. The number of amides is 2. The molecule has 0 saturated carbocycles. The maximum absolute atomic E-state index is 12.1. The summed E-state index contributed by atoms with van der Waals surface area (Å²) < 4.78 is 5.11. The zero-order valence-corrected chi connectivity index (χ0v) is 13.5. The molecule has 1 fully saturated rings. The summed E-state index contributed by atoms with van der Waals surface area (Å²) in [5.41, 5.74) is 1.43. The minimum Gasteiger partial charge on any atom is -0.462 e. The van der Waals surface area contributed by atoms with Gasteiger partial charge in [0.15, 0.2) is 0 Å². The maximum atomic E-state index is 12.1. The van der Waals surface area contributed by atoms with Gasteiger partial charge in [-0.1, -0.05) is 18.2 Å². The molecule has 6 heteroatoms. The second kappa shape index (κ2) is 8.22. The van der Waals surface area contributed by atoms with E-state index in [-0.39, 0.29) is 12.0 Å². The number of hydrogen-bond donors (Lipinski definition) is 1. The zero-order valence-electron chi connectivity index (χ0n) is 13.5. The Kier molecular flexibility index (Phi) is 6.02. The van der Waals surface area contributed by atoms with E-state index < -0.39 is 0 Å². The lowest BCUT2D eigenvalue weighted by atomic mass is 10.1. The van der Waals surface area contributed by atoms with Gasteiger partial charge in [-0.2, -0.15) is 0 Å². The van der Waals surface area contributed by atoms with Crippen molar-refractivity contribution >= 4 is 17.7 Å². The number of esters is 1. The highest BCUT2D eigenvalue weighted by Gasteiger charge is 2.23. The Hall–Kier alpha value is -2.50. The Morgan fingerprint density at radius 2 is 1.96 bits per heavy atom. The summed E-state index contributed by atoms with van der Waals surface area (Å²) in [6.07, 6.45) is 1.66. The number of anilines is 1. The molecule has 0 radical (unpaired) electrons. The van der Waals surface area contributed by atoms with Gasteiger partial charge < -0.3 is 19.9 Å². The molecular formula is C17H23N3O3. The van der Waals surface area contributed by atoms with Crippen LogP contribution >= 0.6 is 0 Å². The van der Waals surface area contributed by atoms with Gasteiger partial charge in [0.25, 0.3) is 0 Å². The first-order valence-electron chi connectivity index (χ1n) is 7.82. The smallest absolute Gasteiger partial charge is 0.340 e. The lowest BCUT2D eigenvalue weighted by Gasteiger charge is -2.36. The van der Waals surface area contributed by atoms with E-state index in [1.807, 2.05) is 18.2 Å². The number of benzene rings is 1. The van der Waals surface area contributed by atoms with Crippen LogP contribution < -0.4 is 10.2 Å². The number of rotatable bonds is 5. The fraction of sp³-hybridized carbons (Fsp3) is 0.412. The van der Waals surface area contributed by atoms with Crippen molar-refractivity contribution < 1.29 is 14.3 Å². The van der Waals surface area contributed by atoms with Crippen LogP contribution in [0.25, 0.3) is 0 Å². The van der Waals surface area contributed by atoms with Gasteiger partial charge in [0.2, 0.25) is 0 Å². The van der Waals surface area contributed by atoms with Crippen molar-refractivity contribution in [2.75, 3.05) is 44.2 Å². The van der Waals surface area contributed by atoms with Gasteiger partial charge in [-0.15, -0.1) is 6.58 Å². The molecule has 2 amide bonds. The normalized spacial score (nSPS) is 14.3. The summed E-state index contributed by atoms with van der Waals surface area (Å²) in [6.45, 7) is 8.77. The number of ether oxygens (including phenoxy) is 1. The zero-order chi connectivity index (χ0) is 16.7. The molecule has 1 N–H and O–H groups in total. The Bertz CT molecular complexity index is 566. The van der Waals surface area contributed by atoms with Crippen molar-refractivity contribution in [3.63, 3.8) is 0 Å². The Morgan fingerprint density at radius 3 is 2.61 bits per heavy atom. The Morgan fingerprint density at radius 1 is 1.26 bits per heavy atom. The first kappa shape index (κ1) is 16.9. The summed E-state index contributed by atoms with van der Waals surface area (Å²) in [6, 6.07) is 7.34. The fourth-order valence-corrected chi connectivity index (χ4v) is 2.55. The van der Waals surface area contributed by atoms with Crippen LogP contribution in [-0.4, -0.2) is 56.2 Å². The second-order valence-corrected chi connectivity index (χ2v) is 5.19. The summed E-state index contributed by atoms with van der Waals surface area (Å²) in [5, 5.41) is 2.78. The lowest BCUT2D eigenvalue weighted by Crippen LogP contribution is -2.52. The molecule has 124 valence electrons. The quantitative estimate of drug-likeness (QED) is 0.665. The van der Waals surface area contributed by atoms with Crippen molar-refractivity contribution in [2.45, 2.75) is 6.92 Å². The van der Waals surface area contributed by atoms with E-state index >= 15 is 0 Å². The number of carbonyl (C=O) groups excluding carboxylic acids is 2. The molecule has 0 aromatic heterocycles. The van der Waals surface area contributed by atoms with Crippen LogP contribution in [0.5, 0.6) is 0 Å². The summed E-state index contributed by atoms with van der Waals surface area (Å²) in [7, 11) is 0. The van der Waals surface area contributed by atoms with Crippen molar-refractivity contribution in [2.24, 2.45) is 0 Å². The third-order valence-electron chi connectivity index (χ3n) is 3.70. The average molecular weight is 317 g/mol. The molecule has 1 saturated heterocycles. The van der Waals surface area contributed by atoms with Crippen molar-refractivity contribution in [3.8, 4) is 0 Å². The van der Waals surface area contributed by atoms with E-state index in [0.29, 0.717) is 44.9 Å². The van der Waals surface area contributed by atoms with Crippen molar-refractivity contribution in [1.82, 2.24) is 10.2 Å². The van der Waals surface area contributed by atoms with E-state index in [1.165, 1.54) is 0 Å². The number of nitrogens with one attached hydrogen (secondary N) is 1. The van der Waals surface area contributed by atoms with Crippen LogP contribution in [0.1, 0.15) is 17.3 Å². The highest BCUT2D eigenvalue weighted by Crippen LogP contribution is 2.22. The third-order valence-corrected chi connectivity index (χ3v) is 3.70.